The average molecular weight is 401 g/mol. The molecule has 3 aromatic rings. The lowest BCUT2D eigenvalue weighted by Crippen LogP contribution is -2.33. The highest BCUT2D eigenvalue weighted by molar-refractivity contribution is 6.33. The number of urea groups is 1. The summed E-state index contributed by atoms with van der Waals surface area (Å²) in [6, 6.07) is 14.5. The Morgan fingerprint density at radius 1 is 1.25 bits per heavy atom. The molecule has 0 spiro atoms. The van der Waals surface area contributed by atoms with Crippen LogP contribution < -0.4 is 10.1 Å². The smallest absolute Gasteiger partial charge is 0.321 e. The second-order valence-corrected chi connectivity index (χ2v) is 6.70. The molecular weight excluding hydrogens is 380 g/mol. The highest BCUT2D eigenvalue weighted by Crippen LogP contribution is 2.20. The second-order valence-electron chi connectivity index (χ2n) is 6.29. The number of halogens is 1. The van der Waals surface area contributed by atoms with E-state index >= 15 is 0 Å². The number of likely N-dealkylation sites (N-methyl/N-ethyl adjacent to an activating group) is 1. The van der Waals surface area contributed by atoms with Crippen molar-refractivity contribution in [2.45, 2.75) is 20.0 Å². The number of benzene rings is 2. The van der Waals surface area contributed by atoms with Crippen molar-refractivity contribution in [1.29, 1.82) is 0 Å². The molecule has 1 N–H and O–H groups in total. The van der Waals surface area contributed by atoms with Crippen LogP contribution in [-0.4, -0.2) is 34.7 Å². The highest BCUT2D eigenvalue weighted by Gasteiger charge is 2.13. The number of rotatable bonds is 7. The lowest BCUT2D eigenvalue weighted by Gasteiger charge is -2.17. The summed E-state index contributed by atoms with van der Waals surface area (Å²) in [6.45, 7) is 2.61. The van der Waals surface area contributed by atoms with Gasteiger partial charge in [0, 0.05) is 20.0 Å². The van der Waals surface area contributed by atoms with E-state index in [1.165, 1.54) is 4.90 Å². The molecule has 1 aromatic heterocycles. The average Bonchev–Trinajstić information content (AvgIpc) is 3.14. The fourth-order valence-electron chi connectivity index (χ4n) is 2.44. The molecule has 3 rings (SSSR count). The Labute approximate surface area is 168 Å². The van der Waals surface area contributed by atoms with E-state index in [0.717, 1.165) is 11.3 Å². The molecule has 28 heavy (non-hydrogen) atoms. The molecule has 7 nitrogen and oxygen atoms in total. The van der Waals surface area contributed by atoms with Crippen LogP contribution in [0.2, 0.25) is 5.02 Å². The van der Waals surface area contributed by atoms with Gasteiger partial charge in [0.15, 0.2) is 12.4 Å². The first-order chi connectivity index (χ1) is 13.5. The van der Waals surface area contributed by atoms with Crippen LogP contribution in [0.4, 0.5) is 10.5 Å². The Morgan fingerprint density at radius 2 is 2.07 bits per heavy atom. The predicted molar refractivity (Wildman–Crippen MR) is 107 cm³/mol. The van der Waals surface area contributed by atoms with E-state index in [-0.39, 0.29) is 12.6 Å². The minimum absolute atomic E-state index is 0.194. The number of para-hydroxylation sites is 1. The van der Waals surface area contributed by atoms with Crippen molar-refractivity contribution < 1.29 is 14.1 Å². The molecule has 0 saturated carbocycles. The van der Waals surface area contributed by atoms with E-state index in [1.807, 2.05) is 31.2 Å². The number of hydrogen-bond donors (Lipinski definition) is 1. The first kappa shape index (κ1) is 19.7. The van der Waals surface area contributed by atoms with Crippen molar-refractivity contribution in [3.05, 3.63) is 70.8 Å². The molecule has 0 bridgehead atoms. The van der Waals surface area contributed by atoms with Crippen LogP contribution in [-0.2, 0) is 13.0 Å². The van der Waals surface area contributed by atoms with Gasteiger partial charge in [-0.05, 0) is 36.8 Å². The van der Waals surface area contributed by atoms with Gasteiger partial charge in [0.1, 0.15) is 5.75 Å². The zero-order chi connectivity index (χ0) is 19.9. The van der Waals surface area contributed by atoms with Crippen LogP contribution in [0.5, 0.6) is 5.75 Å². The third kappa shape index (κ3) is 5.47. The van der Waals surface area contributed by atoms with Crippen molar-refractivity contribution in [2.24, 2.45) is 0 Å². The number of anilines is 1. The fraction of sp³-hybridized carbons (Fsp3) is 0.250. The van der Waals surface area contributed by atoms with Crippen molar-refractivity contribution in [3.63, 3.8) is 0 Å². The zero-order valence-electron chi connectivity index (χ0n) is 15.7. The molecular formula is C20H21ClN4O3. The van der Waals surface area contributed by atoms with E-state index in [4.69, 9.17) is 20.9 Å². The number of amides is 2. The van der Waals surface area contributed by atoms with Crippen LogP contribution >= 0.6 is 11.6 Å². The minimum atomic E-state index is -0.264. The molecule has 0 saturated heterocycles. The first-order valence-electron chi connectivity index (χ1n) is 8.79. The third-order valence-corrected chi connectivity index (χ3v) is 4.32. The van der Waals surface area contributed by atoms with Gasteiger partial charge in [0.25, 0.3) is 5.89 Å². The summed E-state index contributed by atoms with van der Waals surface area (Å²) in [4.78, 5) is 18.1. The van der Waals surface area contributed by atoms with Crippen LogP contribution in [0.3, 0.4) is 0 Å². The van der Waals surface area contributed by atoms with Gasteiger partial charge in [-0.1, -0.05) is 41.0 Å². The molecule has 0 aliphatic carbocycles. The van der Waals surface area contributed by atoms with Crippen LogP contribution in [0.15, 0.2) is 53.1 Å². The SMILES string of the molecule is Cc1cccc(OCc2nc(CCN(C)C(=O)Nc3ccccc3Cl)no2)c1. The van der Waals surface area contributed by atoms with E-state index in [2.05, 4.69) is 15.5 Å². The van der Waals surface area contributed by atoms with E-state index in [0.29, 0.717) is 35.4 Å². The van der Waals surface area contributed by atoms with Gasteiger partial charge in [-0.3, -0.25) is 0 Å². The number of nitrogens with zero attached hydrogens (tertiary/aromatic N) is 3. The van der Waals surface area contributed by atoms with Gasteiger partial charge in [-0.15, -0.1) is 0 Å². The molecule has 0 fully saturated rings. The number of nitrogens with one attached hydrogen (secondary N) is 1. The highest BCUT2D eigenvalue weighted by atomic mass is 35.5. The zero-order valence-corrected chi connectivity index (χ0v) is 16.4. The van der Waals surface area contributed by atoms with Gasteiger partial charge in [0.2, 0.25) is 0 Å². The number of hydrogen-bond acceptors (Lipinski definition) is 5. The monoisotopic (exact) mass is 400 g/mol. The Balaban J connectivity index is 1.47. The Kier molecular flexibility index (Phi) is 6.49. The normalized spacial score (nSPS) is 10.5. The lowest BCUT2D eigenvalue weighted by molar-refractivity contribution is 0.222. The third-order valence-electron chi connectivity index (χ3n) is 3.99. The maximum Gasteiger partial charge on any atom is 0.321 e. The second kappa shape index (κ2) is 9.23. The molecule has 0 atom stereocenters. The molecule has 2 aromatic carbocycles. The molecule has 2 amide bonds. The summed E-state index contributed by atoms with van der Waals surface area (Å²) in [5, 5.41) is 7.18. The molecule has 0 radical (unpaired) electrons. The van der Waals surface area contributed by atoms with Gasteiger partial charge >= 0.3 is 6.03 Å². The van der Waals surface area contributed by atoms with Crippen molar-refractivity contribution in [1.82, 2.24) is 15.0 Å². The van der Waals surface area contributed by atoms with Crippen molar-refractivity contribution >= 4 is 23.3 Å². The Hall–Kier alpha value is -3.06. The van der Waals surface area contributed by atoms with Crippen LogP contribution in [0, 0.1) is 6.92 Å². The predicted octanol–water partition coefficient (Wildman–Crippen LogP) is 4.32. The fourth-order valence-corrected chi connectivity index (χ4v) is 2.63. The lowest BCUT2D eigenvalue weighted by atomic mass is 10.2. The maximum atomic E-state index is 12.2. The number of aryl methyl sites for hydroxylation is 1. The summed E-state index contributed by atoms with van der Waals surface area (Å²) in [5.74, 6) is 1.65. The Bertz CT molecular complexity index is 944. The van der Waals surface area contributed by atoms with Gasteiger partial charge in [-0.25, -0.2) is 4.79 Å². The summed E-state index contributed by atoms with van der Waals surface area (Å²) in [7, 11) is 1.69. The van der Waals surface area contributed by atoms with Gasteiger partial charge < -0.3 is 19.5 Å². The topological polar surface area (TPSA) is 80.5 Å². The van der Waals surface area contributed by atoms with E-state index < -0.39 is 0 Å². The summed E-state index contributed by atoms with van der Waals surface area (Å²) in [6.07, 6.45) is 0.459. The molecule has 8 heteroatoms. The van der Waals surface area contributed by atoms with E-state index in [1.54, 1.807) is 31.3 Å². The summed E-state index contributed by atoms with van der Waals surface area (Å²) in [5.41, 5.74) is 1.68. The summed E-state index contributed by atoms with van der Waals surface area (Å²) >= 11 is 6.05. The molecule has 0 aliphatic heterocycles. The summed E-state index contributed by atoms with van der Waals surface area (Å²) < 4.78 is 10.8. The minimum Gasteiger partial charge on any atom is -0.484 e. The number of carbonyl (C=O) groups is 1. The van der Waals surface area contributed by atoms with Gasteiger partial charge in [-0.2, -0.15) is 4.98 Å². The van der Waals surface area contributed by atoms with Crippen LogP contribution in [0.1, 0.15) is 17.3 Å². The molecule has 1 heterocycles. The van der Waals surface area contributed by atoms with Crippen LogP contribution in [0.25, 0.3) is 0 Å². The first-order valence-corrected chi connectivity index (χ1v) is 9.16. The van der Waals surface area contributed by atoms with E-state index in [9.17, 15) is 4.79 Å². The number of ether oxygens (including phenoxy) is 1. The Morgan fingerprint density at radius 3 is 2.86 bits per heavy atom. The maximum absolute atomic E-state index is 12.2. The van der Waals surface area contributed by atoms with Crippen molar-refractivity contribution in [3.8, 4) is 5.75 Å². The molecule has 146 valence electrons. The number of aromatic nitrogens is 2. The van der Waals surface area contributed by atoms with Gasteiger partial charge in [0.05, 0.1) is 10.7 Å². The standard InChI is InChI=1S/C20H21ClN4O3/c1-14-6-5-7-15(12-14)27-13-19-23-18(24-28-19)10-11-25(2)20(26)22-17-9-4-3-8-16(17)21/h3-9,12H,10-11,13H2,1-2H3,(H,22,26). The van der Waals surface area contributed by atoms with Crippen molar-refractivity contribution in [2.75, 3.05) is 18.9 Å². The quantitative estimate of drug-likeness (QED) is 0.638. The largest absolute Gasteiger partial charge is 0.484 e. The molecule has 0 aliphatic rings. The molecule has 0 unspecified atom stereocenters. The number of carbonyl (C=O) groups excluding carboxylic acids is 1.